The number of ether oxygens (including phenoxy) is 3. The van der Waals surface area contributed by atoms with Crippen LogP contribution in [-0.4, -0.2) is 79.5 Å². The minimum atomic E-state index is -0.339. The smallest absolute Gasteiger partial charge is 0.254 e. The Labute approximate surface area is 180 Å². The van der Waals surface area contributed by atoms with Crippen LogP contribution in [0.1, 0.15) is 22.5 Å². The zero-order chi connectivity index (χ0) is 21.6. The minimum Gasteiger partial charge on any atom is -0.454 e. The molecule has 0 radical (unpaired) electrons. The Morgan fingerprint density at radius 1 is 1.16 bits per heavy atom. The Bertz CT molecular complexity index is 924. The molecule has 4 rings (SSSR count). The highest BCUT2D eigenvalue weighted by molar-refractivity contribution is 5.99. The first kappa shape index (κ1) is 21.1. The van der Waals surface area contributed by atoms with Gasteiger partial charge in [-0.15, -0.1) is 0 Å². The lowest BCUT2D eigenvalue weighted by molar-refractivity contribution is -0.117. The highest BCUT2D eigenvalue weighted by atomic mass is 16.7. The molecule has 2 aromatic rings. The maximum Gasteiger partial charge on any atom is 0.254 e. The third kappa shape index (κ3) is 5.53. The predicted molar refractivity (Wildman–Crippen MR) is 110 cm³/mol. The van der Waals surface area contributed by atoms with Gasteiger partial charge in [0.1, 0.15) is 12.3 Å². The van der Waals surface area contributed by atoms with Crippen LogP contribution in [0, 0.1) is 6.92 Å². The Kier molecular flexibility index (Phi) is 6.68. The van der Waals surface area contributed by atoms with Crippen molar-refractivity contribution in [2.75, 3.05) is 58.0 Å². The van der Waals surface area contributed by atoms with Gasteiger partial charge < -0.3 is 29.0 Å². The van der Waals surface area contributed by atoms with Gasteiger partial charge in [0.2, 0.25) is 12.7 Å². The Morgan fingerprint density at radius 3 is 2.74 bits per heavy atom. The molecular formula is C21H26N4O6. The minimum absolute atomic E-state index is 0.0949. The van der Waals surface area contributed by atoms with Gasteiger partial charge in [0.25, 0.3) is 5.91 Å². The Morgan fingerprint density at radius 2 is 1.97 bits per heavy atom. The average Bonchev–Trinajstić information content (AvgIpc) is 3.41. The summed E-state index contributed by atoms with van der Waals surface area (Å²) in [5, 5.41) is 6.44. The molecule has 10 heteroatoms. The second-order valence-electron chi connectivity index (χ2n) is 7.47. The van der Waals surface area contributed by atoms with Gasteiger partial charge in [0.15, 0.2) is 17.3 Å². The first-order chi connectivity index (χ1) is 15.1. The molecule has 0 bridgehead atoms. The number of anilines is 1. The van der Waals surface area contributed by atoms with E-state index in [9.17, 15) is 9.59 Å². The molecular weight excluding hydrogens is 404 g/mol. The summed E-state index contributed by atoms with van der Waals surface area (Å²) in [6.45, 7) is 6.25. The highest BCUT2D eigenvalue weighted by Crippen LogP contribution is 2.32. The van der Waals surface area contributed by atoms with E-state index in [0.717, 1.165) is 39.3 Å². The van der Waals surface area contributed by atoms with E-state index < -0.39 is 0 Å². The normalized spacial score (nSPS) is 15.6. The number of rotatable bonds is 8. The third-order valence-electron chi connectivity index (χ3n) is 5.14. The summed E-state index contributed by atoms with van der Waals surface area (Å²) < 4.78 is 21.0. The summed E-state index contributed by atoms with van der Waals surface area (Å²) in [4.78, 5) is 29.6. The summed E-state index contributed by atoms with van der Waals surface area (Å²) >= 11 is 0. The largest absolute Gasteiger partial charge is 0.454 e. The van der Waals surface area contributed by atoms with Gasteiger partial charge in [0.05, 0.1) is 13.2 Å². The number of hydrogen-bond donors (Lipinski definition) is 1. The van der Waals surface area contributed by atoms with Crippen molar-refractivity contribution in [3.63, 3.8) is 0 Å². The summed E-state index contributed by atoms with van der Waals surface area (Å²) in [6, 6.07) is 6.67. The molecule has 0 unspecified atom stereocenters. The van der Waals surface area contributed by atoms with Crippen molar-refractivity contribution in [1.29, 1.82) is 0 Å². The quantitative estimate of drug-likeness (QED) is 0.672. The molecule has 0 spiro atoms. The molecule has 2 aliphatic heterocycles. The van der Waals surface area contributed by atoms with Gasteiger partial charge >= 0.3 is 0 Å². The number of carbonyl (C=O) groups is 2. The second kappa shape index (κ2) is 9.80. The van der Waals surface area contributed by atoms with E-state index in [0.29, 0.717) is 35.2 Å². The van der Waals surface area contributed by atoms with Crippen molar-refractivity contribution in [1.82, 2.24) is 15.0 Å². The first-order valence-corrected chi connectivity index (χ1v) is 10.3. The van der Waals surface area contributed by atoms with Crippen molar-refractivity contribution < 1.29 is 28.3 Å². The number of fused-ring (bicyclic) bond motifs is 1. The fourth-order valence-corrected chi connectivity index (χ4v) is 3.56. The molecule has 10 nitrogen and oxygen atoms in total. The van der Waals surface area contributed by atoms with Crippen LogP contribution in [0.2, 0.25) is 0 Å². The molecule has 1 aromatic carbocycles. The predicted octanol–water partition coefficient (Wildman–Crippen LogP) is 1.51. The lowest BCUT2D eigenvalue weighted by Gasteiger charge is -2.28. The molecule has 0 saturated carbocycles. The number of hydrogen-bond acceptors (Lipinski definition) is 8. The van der Waals surface area contributed by atoms with E-state index in [1.165, 1.54) is 0 Å². The fraction of sp³-hybridized carbons (Fsp3) is 0.476. The molecule has 31 heavy (non-hydrogen) atoms. The van der Waals surface area contributed by atoms with Crippen LogP contribution in [0.3, 0.4) is 0 Å². The number of carbonyl (C=O) groups excluding carboxylic acids is 2. The monoisotopic (exact) mass is 430 g/mol. The molecule has 2 aliphatic rings. The highest BCUT2D eigenvalue weighted by Gasteiger charge is 2.23. The molecule has 1 fully saturated rings. The standard InChI is InChI=1S/C21H26N4O6/c1-15-11-19(23-31-15)22-20(26)13-25(6-2-5-24-7-9-28-10-8-24)21(27)16-3-4-17-18(12-16)30-14-29-17/h3-4,11-12H,2,5-10,13-14H2,1H3,(H,22,23,26). The van der Waals surface area contributed by atoms with Crippen molar-refractivity contribution in [2.45, 2.75) is 13.3 Å². The van der Waals surface area contributed by atoms with Crippen LogP contribution >= 0.6 is 0 Å². The maximum absolute atomic E-state index is 13.2. The van der Waals surface area contributed by atoms with Gasteiger partial charge in [-0.25, -0.2) is 0 Å². The Hall–Kier alpha value is -3.11. The number of morpholine rings is 1. The number of aromatic nitrogens is 1. The molecule has 166 valence electrons. The molecule has 2 amide bonds. The van der Waals surface area contributed by atoms with E-state index in [1.54, 1.807) is 36.1 Å². The lowest BCUT2D eigenvalue weighted by Crippen LogP contribution is -2.41. The number of aryl methyl sites for hydroxylation is 1. The van der Waals surface area contributed by atoms with Crippen molar-refractivity contribution in [3.8, 4) is 11.5 Å². The van der Waals surface area contributed by atoms with Crippen LogP contribution in [0.5, 0.6) is 11.5 Å². The summed E-state index contributed by atoms with van der Waals surface area (Å²) in [7, 11) is 0. The van der Waals surface area contributed by atoms with Crippen molar-refractivity contribution in [3.05, 3.63) is 35.6 Å². The SMILES string of the molecule is Cc1cc(NC(=O)CN(CCCN2CCOCC2)C(=O)c2ccc3c(c2)OCO3)no1. The lowest BCUT2D eigenvalue weighted by atomic mass is 10.1. The van der Waals surface area contributed by atoms with Gasteiger partial charge in [-0.3, -0.25) is 14.5 Å². The van der Waals surface area contributed by atoms with Crippen LogP contribution < -0.4 is 14.8 Å². The van der Waals surface area contributed by atoms with E-state index in [1.807, 2.05) is 0 Å². The molecule has 3 heterocycles. The summed E-state index contributed by atoms with van der Waals surface area (Å²) in [5.74, 6) is 1.47. The van der Waals surface area contributed by atoms with E-state index in [4.69, 9.17) is 18.7 Å². The maximum atomic E-state index is 13.2. The van der Waals surface area contributed by atoms with E-state index in [2.05, 4.69) is 15.4 Å². The number of amides is 2. The zero-order valence-corrected chi connectivity index (χ0v) is 17.5. The van der Waals surface area contributed by atoms with Crippen LogP contribution in [0.15, 0.2) is 28.8 Å². The first-order valence-electron chi connectivity index (χ1n) is 10.3. The fourth-order valence-electron chi connectivity index (χ4n) is 3.56. The summed E-state index contributed by atoms with van der Waals surface area (Å²) in [6.07, 6.45) is 0.743. The topological polar surface area (TPSA) is 106 Å². The number of benzene rings is 1. The molecule has 1 aromatic heterocycles. The van der Waals surface area contributed by atoms with Crippen molar-refractivity contribution in [2.24, 2.45) is 0 Å². The van der Waals surface area contributed by atoms with Gasteiger partial charge in [-0.1, -0.05) is 5.16 Å². The van der Waals surface area contributed by atoms with Crippen LogP contribution in [-0.2, 0) is 9.53 Å². The molecule has 1 N–H and O–H groups in total. The molecule has 1 saturated heterocycles. The van der Waals surface area contributed by atoms with Crippen LogP contribution in [0.4, 0.5) is 5.82 Å². The summed E-state index contributed by atoms with van der Waals surface area (Å²) in [5.41, 5.74) is 0.445. The molecule has 0 aliphatic carbocycles. The Balaban J connectivity index is 1.41. The van der Waals surface area contributed by atoms with E-state index in [-0.39, 0.29) is 25.2 Å². The van der Waals surface area contributed by atoms with Gasteiger partial charge in [-0.2, -0.15) is 0 Å². The second-order valence-corrected chi connectivity index (χ2v) is 7.47. The zero-order valence-electron chi connectivity index (χ0n) is 17.5. The van der Waals surface area contributed by atoms with Gasteiger partial charge in [-0.05, 0) is 31.5 Å². The number of nitrogens with one attached hydrogen (secondary N) is 1. The molecule has 0 atom stereocenters. The average molecular weight is 430 g/mol. The number of nitrogens with zero attached hydrogens (tertiary/aromatic N) is 3. The van der Waals surface area contributed by atoms with Gasteiger partial charge in [0, 0.05) is 37.8 Å². The van der Waals surface area contributed by atoms with E-state index >= 15 is 0 Å². The van der Waals surface area contributed by atoms with Crippen molar-refractivity contribution >= 4 is 17.6 Å². The van der Waals surface area contributed by atoms with Crippen LogP contribution in [0.25, 0.3) is 0 Å². The third-order valence-corrected chi connectivity index (χ3v) is 5.14.